The molecule has 23 heavy (non-hydrogen) atoms. The first-order valence-corrected chi connectivity index (χ1v) is 7.93. The summed E-state index contributed by atoms with van der Waals surface area (Å²) in [5.74, 6) is 0.363. The summed E-state index contributed by atoms with van der Waals surface area (Å²) >= 11 is 1.39. The van der Waals surface area contributed by atoms with Crippen molar-refractivity contribution >= 4 is 28.4 Å². The maximum atomic E-state index is 10.5. The van der Waals surface area contributed by atoms with Crippen molar-refractivity contribution < 1.29 is 5.11 Å². The molecule has 6 heteroatoms. The van der Waals surface area contributed by atoms with Crippen molar-refractivity contribution in [3.63, 3.8) is 0 Å². The molecular formula is C17H14N4OS. The van der Waals surface area contributed by atoms with Crippen molar-refractivity contribution in [2.45, 2.75) is 17.2 Å². The standard InChI is InChI=1S/C17H14N4OS/c1-11(23-15-8-4-5-9-19-15)16(22)12(10-18)17-20-13-6-2-3-7-14(13)21-17/h2-9,11,22H,1H3,(H,20,21)/b16-12+. The van der Waals surface area contributed by atoms with E-state index < -0.39 is 0 Å². The molecule has 0 aliphatic heterocycles. The number of thioether (sulfide) groups is 1. The number of aromatic amines is 1. The number of benzene rings is 1. The third kappa shape index (κ3) is 3.20. The van der Waals surface area contributed by atoms with Crippen molar-refractivity contribution in [2.75, 3.05) is 0 Å². The number of para-hydroxylation sites is 2. The molecule has 0 bridgehead atoms. The first-order chi connectivity index (χ1) is 11.2. The first kappa shape index (κ1) is 15.1. The normalized spacial score (nSPS) is 13.4. The summed E-state index contributed by atoms with van der Waals surface area (Å²) in [4.78, 5) is 11.7. The van der Waals surface area contributed by atoms with Gasteiger partial charge in [-0.3, -0.25) is 0 Å². The van der Waals surface area contributed by atoms with E-state index in [1.165, 1.54) is 11.8 Å². The molecule has 3 aromatic rings. The second kappa shape index (κ2) is 6.55. The summed E-state index contributed by atoms with van der Waals surface area (Å²) in [6.45, 7) is 1.83. The van der Waals surface area contributed by atoms with Crippen LogP contribution in [0.2, 0.25) is 0 Å². The predicted molar refractivity (Wildman–Crippen MR) is 90.8 cm³/mol. The Kier molecular flexibility index (Phi) is 4.31. The van der Waals surface area contributed by atoms with E-state index in [0.29, 0.717) is 5.82 Å². The minimum atomic E-state index is -0.312. The number of hydrogen-bond donors (Lipinski definition) is 2. The molecule has 0 saturated heterocycles. The number of aromatic nitrogens is 3. The summed E-state index contributed by atoms with van der Waals surface area (Å²) in [6, 6.07) is 15.1. The average Bonchev–Trinajstić information content (AvgIpc) is 3.00. The largest absolute Gasteiger partial charge is 0.510 e. The average molecular weight is 322 g/mol. The molecule has 0 fully saturated rings. The molecule has 2 aromatic heterocycles. The molecule has 0 aliphatic rings. The van der Waals surface area contributed by atoms with Crippen LogP contribution >= 0.6 is 11.8 Å². The molecule has 5 nitrogen and oxygen atoms in total. The fourth-order valence-electron chi connectivity index (χ4n) is 2.16. The molecule has 114 valence electrons. The smallest absolute Gasteiger partial charge is 0.152 e. The number of aliphatic hydroxyl groups is 1. The van der Waals surface area contributed by atoms with Crippen LogP contribution in [0.15, 0.2) is 59.4 Å². The predicted octanol–water partition coefficient (Wildman–Crippen LogP) is 3.93. The number of hydrogen-bond acceptors (Lipinski definition) is 5. The van der Waals surface area contributed by atoms with Crippen LogP contribution in [0.3, 0.4) is 0 Å². The molecular weight excluding hydrogens is 308 g/mol. The maximum Gasteiger partial charge on any atom is 0.152 e. The highest BCUT2D eigenvalue weighted by Crippen LogP contribution is 2.29. The number of nitrogens with zero attached hydrogens (tertiary/aromatic N) is 3. The molecule has 3 rings (SSSR count). The topological polar surface area (TPSA) is 85.6 Å². The van der Waals surface area contributed by atoms with Gasteiger partial charge in [-0.25, -0.2) is 9.97 Å². The number of nitriles is 1. The van der Waals surface area contributed by atoms with Gasteiger partial charge in [-0.2, -0.15) is 5.26 Å². The van der Waals surface area contributed by atoms with Crippen LogP contribution in [0.5, 0.6) is 0 Å². The lowest BCUT2D eigenvalue weighted by atomic mass is 10.2. The summed E-state index contributed by atoms with van der Waals surface area (Å²) < 4.78 is 0. The highest BCUT2D eigenvalue weighted by Gasteiger charge is 2.19. The van der Waals surface area contributed by atoms with Gasteiger partial charge in [0.25, 0.3) is 0 Å². The van der Waals surface area contributed by atoms with Crippen LogP contribution in [-0.4, -0.2) is 25.3 Å². The first-order valence-electron chi connectivity index (χ1n) is 7.05. The van der Waals surface area contributed by atoms with E-state index in [1.807, 2.05) is 55.5 Å². The van der Waals surface area contributed by atoms with E-state index in [0.717, 1.165) is 16.1 Å². The third-order valence-electron chi connectivity index (χ3n) is 3.31. The zero-order valence-electron chi connectivity index (χ0n) is 12.4. The summed E-state index contributed by atoms with van der Waals surface area (Å²) in [5.41, 5.74) is 1.73. The molecule has 1 aromatic carbocycles. The summed E-state index contributed by atoms with van der Waals surface area (Å²) in [5, 5.41) is 20.4. The van der Waals surface area contributed by atoms with Gasteiger partial charge in [-0.05, 0) is 31.2 Å². The van der Waals surface area contributed by atoms with Gasteiger partial charge in [-0.15, -0.1) is 0 Å². The van der Waals surface area contributed by atoms with Gasteiger partial charge in [0.1, 0.15) is 17.4 Å². The van der Waals surface area contributed by atoms with E-state index in [2.05, 4.69) is 15.0 Å². The van der Waals surface area contributed by atoms with Crippen molar-refractivity contribution in [3.8, 4) is 6.07 Å². The van der Waals surface area contributed by atoms with Gasteiger partial charge in [0.2, 0.25) is 0 Å². The number of aliphatic hydroxyl groups excluding tert-OH is 1. The van der Waals surface area contributed by atoms with Crippen molar-refractivity contribution in [3.05, 3.63) is 60.2 Å². The minimum Gasteiger partial charge on any atom is -0.510 e. The second-order valence-electron chi connectivity index (χ2n) is 4.90. The highest BCUT2D eigenvalue weighted by molar-refractivity contribution is 8.00. The lowest BCUT2D eigenvalue weighted by molar-refractivity contribution is 0.402. The fraction of sp³-hybridized carbons (Fsp3) is 0.118. The number of pyridine rings is 1. The molecule has 0 aliphatic carbocycles. The number of allylic oxidation sites excluding steroid dienone is 1. The van der Waals surface area contributed by atoms with Gasteiger partial charge in [-0.1, -0.05) is 30.0 Å². The van der Waals surface area contributed by atoms with E-state index in [4.69, 9.17) is 0 Å². The van der Waals surface area contributed by atoms with E-state index in [9.17, 15) is 10.4 Å². The molecule has 2 heterocycles. The Balaban J connectivity index is 1.94. The van der Waals surface area contributed by atoms with Gasteiger partial charge >= 0.3 is 0 Å². The molecule has 0 saturated carbocycles. The van der Waals surface area contributed by atoms with E-state index >= 15 is 0 Å². The van der Waals surface area contributed by atoms with Gasteiger partial charge < -0.3 is 10.1 Å². The summed E-state index contributed by atoms with van der Waals surface area (Å²) in [7, 11) is 0. The quantitative estimate of drug-likeness (QED) is 0.432. The zero-order valence-corrected chi connectivity index (χ0v) is 13.2. The fourth-order valence-corrected chi connectivity index (χ4v) is 3.03. The Bertz CT molecular complexity index is 863. The van der Waals surface area contributed by atoms with Crippen LogP contribution in [0.4, 0.5) is 0 Å². The zero-order chi connectivity index (χ0) is 16.2. The van der Waals surface area contributed by atoms with Gasteiger partial charge in [0.15, 0.2) is 5.82 Å². The minimum absolute atomic E-state index is 0.0118. The number of imidazole rings is 1. The molecule has 1 unspecified atom stereocenters. The maximum absolute atomic E-state index is 10.5. The lowest BCUT2D eigenvalue weighted by Gasteiger charge is -2.11. The Hall–Kier alpha value is -2.78. The van der Waals surface area contributed by atoms with Crippen LogP contribution in [-0.2, 0) is 0 Å². The third-order valence-corrected chi connectivity index (χ3v) is 4.37. The number of fused-ring (bicyclic) bond motifs is 1. The Morgan fingerprint density at radius 3 is 2.74 bits per heavy atom. The second-order valence-corrected chi connectivity index (χ2v) is 6.26. The van der Waals surface area contributed by atoms with Gasteiger partial charge in [0, 0.05) is 6.20 Å². The van der Waals surface area contributed by atoms with Crippen molar-refractivity contribution in [1.82, 2.24) is 15.0 Å². The Morgan fingerprint density at radius 1 is 1.26 bits per heavy atom. The van der Waals surface area contributed by atoms with Crippen LogP contribution in [0.25, 0.3) is 16.6 Å². The van der Waals surface area contributed by atoms with Crippen LogP contribution in [0, 0.1) is 11.3 Å². The Morgan fingerprint density at radius 2 is 2.04 bits per heavy atom. The monoisotopic (exact) mass is 322 g/mol. The lowest BCUT2D eigenvalue weighted by Crippen LogP contribution is -2.05. The highest BCUT2D eigenvalue weighted by atomic mass is 32.2. The SMILES string of the molecule is CC(Sc1ccccn1)/C(O)=C(/C#N)c1nc2ccccc2[nH]1. The molecule has 0 spiro atoms. The van der Waals surface area contributed by atoms with Crippen LogP contribution in [0.1, 0.15) is 12.7 Å². The van der Waals surface area contributed by atoms with Crippen LogP contribution < -0.4 is 0 Å². The van der Waals surface area contributed by atoms with Crippen molar-refractivity contribution in [2.24, 2.45) is 0 Å². The number of H-pyrrole nitrogens is 1. The number of nitrogens with one attached hydrogen (secondary N) is 1. The molecule has 0 radical (unpaired) electrons. The molecule has 1 atom stereocenters. The molecule has 0 amide bonds. The van der Waals surface area contributed by atoms with Gasteiger partial charge in [0.05, 0.1) is 21.3 Å². The van der Waals surface area contributed by atoms with Crippen molar-refractivity contribution in [1.29, 1.82) is 5.26 Å². The summed E-state index contributed by atoms with van der Waals surface area (Å²) in [6.07, 6.45) is 1.69. The van der Waals surface area contributed by atoms with E-state index in [1.54, 1.807) is 6.20 Å². The Labute approximate surface area is 137 Å². The molecule has 2 N–H and O–H groups in total. The van der Waals surface area contributed by atoms with E-state index in [-0.39, 0.29) is 16.6 Å². The number of rotatable bonds is 4.